The van der Waals surface area contributed by atoms with Crippen molar-refractivity contribution in [2.24, 2.45) is 5.92 Å². The Morgan fingerprint density at radius 3 is 2.75 bits per heavy atom. The monoisotopic (exact) mass is 170 g/mol. The van der Waals surface area contributed by atoms with E-state index in [0.29, 0.717) is 19.3 Å². The van der Waals surface area contributed by atoms with E-state index >= 15 is 0 Å². The van der Waals surface area contributed by atoms with Gasteiger partial charge in [0, 0.05) is 12.3 Å². The van der Waals surface area contributed by atoms with E-state index < -0.39 is 0 Å². The molecule has 0 fully saturated rings. The van der Waals surface area contributed by atoms with Gasteiger partial charge in [0.2, 0.25) is 0 Å². The van der Waals surface area contributed by atoms with Crippen LogP contribution in [0.4, 0.5) is 0 Å². The van der Waals surface area contributed by atoms with Gasteiger partial charge in [-0.3, -0.25) is 4.79 Å². The molecule has 12 heavy (non-hydrogen) atoms. The maximum atomic E-state index is 10.7. The highest BCUT2D eigenvalue weighted by atomic mass is 16.5. The first-order valence-electron chi connectivity index (χ1n) is 3.87. The highest BCUT2D eigenvalue weighted by Crippen LogP contribution is 2.09. The largest absolute Gasteiger partial charge is 0.469 e. The second-order valence-corrected chi connectivity index (χ2v) is 2.54. The van der Waals surface area contributed by atoms with Crippen LogP contribution in [0.3, 0.4) is 0 Å². The molecule has 0 amide bonds. The first kappa shape index (κ1) is 10.9. The van der Waals surface area contributed by atoms with E-state index in [2.05, 4.69) is 11.3 Å². The minimum atomic E-state index is -0.272. The van der Waals surface area contributed by atoms with Gasteiger partial charge in [0.1, 0.15) is 6.29 Å². The molecular weight excluding hydrogens is 156 g/mol. The summed E-state index contributed by atoms with van der Waals surface area (Å²) in [7, 11) is 1.34. The van der Waals surface area contributed by atoms with Crippen molar-refractivity contribution in [1.29, 1.82) is 0 Å². The Balaban J connectivity index is 3.63. The average molecular weight is 170 g/mol. The molecule has 68 valence electrons. The molecule has 3 nitrogen and oxygen atoms in total. The number of allylic oxidation sites excluding steroid dienone is 1. The molecule has 0 saturated heterocycles. The number of esters is 1. The lowest BCUT2D eigenvalue weighted by molar-refractivity contribution is -0.140. The molecule has 0 N–H and O–H groups in total. The summed E-state index contributed by atoms with van der Waals surface area (Å²) in [6, 6.07) is 0. The Bertz CT molecular complexity index is 163. The molecule has 0 aromatic heterocycles. The molecule has 0 radical (unpaired) electrons. The molecule has 0 saturated carbocycles. The van der Waals surface area contributed by atoms with Crippen LogP contribution in [0.25, 0.3) is 0 Å². The molecular formula is C9H14O3. The summed E-state index contributed by atoms with van der Waals surface area (Å²) in [5.41, 5.74) is 0. The highest BCUT2D eigenvalue weighted by Gasteiger charge is 2.08. The van der Waals surface area contributed by atoms with Crippen molar-refractivity contribution < 1.29 is 14.3 Å². The van der Waals surface area contributed by atoms with Crippen molar-refractivity contribution >= 4 is 12.3 Å². The lowest BCUT2D eigenvalue weighted by Gasteiger charge is -2.04. The van der Waals surface area contributed by atoms with Crippen molar-refractivity contribution in [2.45, 2.75) is 19.3 Å². The van der Waals surface area contributed by atoms with Crippen LogP contribution < -0.4 is 0 Å². The lowest BCUT2D eigenvalue weighted by atomic mass is 10.0. The molecule has 3 heteroatoms. The second-order valence-electron chi connectivity index (χ2n) is 2.54. The van der Waals surface area contributed by atoms with Gasteiger partial charge in [0.15, 0.2) is 0 Å². The number of rotatable bonds is 6. The Kier molecular flexibility index (Phi) is 5.97. The van der Waals surface area contributed by atoms with Crippen LogP contribution in [0.2, 0.25) is 0 Å². The van der Waals surface area contributed by atoms with Crippen molar-refractivity contribution in [2.75, 3.05) is 7.11 Å². The predicted molar refractivity (Wildman–Crippen MR) is 45.6 cm³/mol. The van der Waals surface area contributed by atoms with E-state index in [9.17, 15) is 9.59 Å². The third-order valence-corrected chi connectivity index (χ3v) is 1.61. The summed E-state index contributed by atoms with van der Waals surface area (Å²) in [4.78, 5) is 21.1. The number of ether oxygens (including phenoxy) is 1. The SMILES string of the molecule is C=CCC(C=O)CCC(=O)OC. The summed E-state index contributed by atoms with van der Waals surface area (Å²) in [5, 5.41) is 0. The van der Waals surface area contributed by atoms with Gasteiger partial charge in [-0.25, -0.2) is 0 Å². The van der Waals surface area contributed by atoms with Crippen LogP contribution in [-0.2, 0) is 14.3 Å². The normalized spacial score (nSPS) is 11.8. The van der Waals surface area contributed by atoms with E-state index in [1.165, 1.54) is 7.11 Å². The smallest absolute Gasteiger partial charge is 0.305 e. The molecule has 0 aliphatic carbocycles. The quantitative estimate of drug-likeness (QED) is 0.343. The Morgan fingerprint density at radius 2 is 2.33 bits per heavy atom. The van der Waals surface area contributed by atoms with Gasteiger partial charge in [0.05, 0.1) is 7.11 Å². The third kappa shape index (κ3) is 4.66. The standard InChI is InChI=1S/C9H14O3/c1-3-4-8(7-10)5-6-9(11)12-2/h3,7-8H,1,4-6H2,2H3. The summed E-state index contributed by atoms with van der Waals surface area (Å²) in [5.74, 6) is -0.368. The van der Waals surface area contributed by atoms with E-state index in [0.717, 1.165) is 6.29 Å². The van der Waals surface area contributed by atoms with Crippen LogP contribution in [0.15, 0.2) is 12.7 Å². The van der Waals surface area contributed by atoms with Gasteiger partial charge >= 0.3 is 5.97 Å². The molecule has 1 unspecified atom stereocenters. The molecule has 1 atom stereocenters. The highest BCUT2D eigenvalue weighted by molar-refractivity contribution is 5.69. The number of hydrogen-bond acceptors (Lipinski definition) is 3. The van der Waals surface area contributed by atoms with Gasteiger partial charge in [-0.15, -0.1) is 6.58 Å². The van der Waals surface area contributed by atoms with Gasteiger partial charge in [-0.1, -0.05) is 6.08 Å². The fourth-order valence-electron chi connectivity index (χ4n) is 0.861. The van der Waals surface area contributed by atoms with Gasteiger partial charge in [-0.2, -0.15) is 0 Å². The van der Waals surface area contributed by atoms with Crippen molar-refractivity contribution in [3.05, 3.63) is 12.7 Å². The Labute approximate surface area is 72.4 Å². The Morgan fingerprint density at radius 1 is 1.67 bits per heavy atom. The van der Waals surface area contributed by atoms with Crippen LogP contribution in [0.1, 0.15) is 19.3 Å². The zero-order valence-electron chi connectivity index (χ0n) is 7.29. The topological polar surface area (TPSA) is 43.4 Å². The van der Waals surface area contributed by atoms with Gasteiger partial charge < -0.3 is 9.53 Å². The van der Waals surface area contributed by atoms with Crippen LogP contribution in [-0.4, -0.2) is 19.4 Å². The summed E-state index contributed by atoms with van der Waals surface area (Å²) < 4.78 is 4.44. The van der Waals surface area contributed by atoms with Crippen molar-refractivity contribution in [3.8, 4) is 0 Å². The zero-order valence-corrected chi connectivity index (χ0v) is 7.29. The minimum Gasteiger partial charge on any atom is -0.469 e. The molecule has 0 heterocycles. The van der Waals surface area contributed by atoms with Crippen molar-refractivity contribution in [1.82, 2.24) is 0 Å². The number of methoxy groups -OCH3 is 1. The van der Waals surface area contributed by atoms with E-state index in [-0.39, 0.29) is 11.9 Å². The number of aldehydes is 1. The summed E-state index contributed by atoms with van der Waals surface area (Å²) in [6.45, 7) is 3.52. The zero-order chi connectivity index (χ0) is 9.40. The van der Waals surface area contributed by atoms with E-state index in [1.54, 1.807) is 6.08 Å². The van der Waals surface area contributed by atoms with Crippen LogP contribution in [0, 0.1) is 5.92 Å². The molecule has 0 aliphatic heterocycles. The second kappa shape index (κ2) is 6.58. The first-order chi connectivity index (χ1) is 5.74. The maximum absolute atomic E-state index is 10.7. The van der Waals surface area contributed by atoms with Crippen molar-refractivity contribution in [3.63, 3.8) is 0 Å². The summed E-state index contributed by atoms with van der Waals surface area (Å²) >= 11 is 0. The van der Waals surface area contributed by atoms with E-state index in [1.807, 2.05) is 0 Å². The minimum absolute atomic E-state index is 0.0957. The van der Waals surface area contributed by atoms with Gasteiger partial charge in [0.25, 0.3) is 0 Å². The molecule has 0 aliphatic rings. The number of hydrogen-bond donors (Lipinski definition) is 0. The maximum Gasteiger partial charge on any atom is 0.305 e. The molecule has 0 aromatic rings. The first-order valence-corrected chi connectivity index (χ1v) is 3.87. The van der Waals surface area contributed by atoms with E-state index in [4.69, 9.17) is 0 Å². The van der Waals surface area contributed by atoms with Crippen LogP contribution in [0.5, 0.6) is 0 Å². The number of carbonyl (C=O) groups excluding carboxylic acids is 2. The fraction of sp³-hybridized carbons (Fsp3) is 0.556. The fourth-order valence-corrected chi connectivity index (χ4v) is 0.861. The Hall–Kier alpha value is -1.12. The molecule has 0 rings (SSSR count). The lowest BCUT2D eigenvalue weighted by Crippen LogP contribution is -2.06. The molecule has 0 aromatic carbocycles. The summed E-state index contributed by atoms with van der Waals surface area (Å²) in [6.07, 6.45) is 4.00. The van der Waals surface area contributed by atoms with Crippen LogP contribution >= 0.6 is 0 Å². The molecule has 0 bridgehead atoms. The molecule has 0 spiro atoms. The third-order valence-electron chi connectivity index (χ3n) is 1.61. The predicted octanol–water partition coefficient (Wildman–Crippen LogP) is 1.33. The van der Waals surface area contributed by atoms with Gasteiger partial charge in [-0.05, 0) is 12.8 Å². The number of carbonyl (C=O) groups is 2. The average Bonchev–Trinajstić information content (AvgIpc) is 2.11.